The highest BCUT2D eigenvalue weighted by Gasteiger charge is 2.41. The highest BCUT2D eigenvalue weighted by Crippen LogP contribution is 2.34. The van der Waals surface area contributed by atoms with Crippen molar-refractivity contribution in [1.29, 1.82) is 0 Å². The lowest BCUT2D eigenvalue weighted by atomic mass is 9.96. The van der Waals surface area contributed by atoms with Gasteiger partial charge >= 0.3 is 0 Å². The van der Waals surface area contributed by atoms with E-state index in [-0.39, 0.29) is 6.04 Å². The van der Waals surface area contributed by atoms with Crippen LogP contribution in [0.5, 0.6) is 0 Å². The molecular formula is C20H32N4O. The monoisotopic (exact) mass is 344 g/mol. The quantitative estimate of drug-likeness (QED) is 0.615. The Kier molecular flexibility index (Phi) is 5.97. The van der Waals surface area contributed by atoms with E-state index in [2.05, 4.69) is 67.7 Å². The number of likely N-dealkylation sites (N-methyl/N-ethyl adjacent to an activating group) is 1. The Balaban J connectivity index is 1.66. The lowest BCUT2D eigenvalue weighted by Gasteiger charge is -2.25. The lowest BCUT2D eigenvalue weighted by molar-refractivity contribution is 0.0992. The van der Waals surface area contributed by atoms with Gasteiger partial charge in [0.15, 0.2) is 5.96 Å². The fourth-order valence-corrected chi connectivity index (χ4v) is 3.82. The van der Waals surface area contributed by atoms with Gasteiger partial charge in [0.1, 0.15) is 0 Å². The van der Waals surface area contributed by atoms with Crippen LogP contribution in [0.4, 0.5) is 0 Å². The maximum Gasteiger partial charge on any atom is 0.191 e. The molecule has 0 aromatic heterocycles. The van der Waals surface area contributed by atoms with E-state index in [9.17, 15) is 0 Å². The van der Waals surface area contributed by atoms with E-state index in [4.69, 9.17) is 9.73 Å². The normalized spacial score (nSPS) is 26.9. The van der Waals surface area contributed by atoms with Crippen molar-refractivity contribution in [2.24, 2.45) is 4.99 Å². The zero-order valence-corrected chi connectivity index (χ0v) is 16.0. The van der Waals surface area contributed by atoms with Crippen LogP contribution in [0.1, 0.15) is 43.4 Å². The molecule has 2 bridgehead atoms. The second-order valence-electron chi connectivity index (χ2n) is 7.47. The number of aryl methyl sites for hydroxylation is 1. The summed E-state index contributed by atoms with van der Waals surface area (Å²) in [5, 5.41) is 6.99. The second kappa shape index (κ2) is 8.19. The van der Waals surface area contributed by atoms with Gasteiger partial charge in [-0.2, -0.15) is 0 Å². The molecule has 2 heterocycles. The second-order valence-corrected chi connectivity index (χ2v) is 7.47. The number of aliphatic imine (C=N–C) groups is 1. The molecule has 0 radical (unpaired) electrons. The molecule has 0 saturated carbocycles. The zero-order chi connectivity index (χ0) is 17.8. The van der Waals surface area contributed by atoms with Crippen molar-refractivity contribution in [3.63, 3.8) is 0 Å². The van der Waals surface area contributed by atoms with Crippen molar-refractivity contribution in [2.45, 2.75) is 57.4 Å². The molecule has 1 aromatic carbocycles. The fraction of sp³-hybridized carbons (Fsp3) is 0.650. The molecule has 0 amide bonds. The summed E-state index contributed by atoms with van der Waals surface area (Å²) in [5.74, 6) is 0.905. The molecule has 138 valence electrons. The molecular weight excluding hydrogens is 312 g/mol. The number of ether oxygens (including phenoxy) is 1. The standard InChI is InChI=1S/C20H32N4O/c1-5-21-20(23-17-12-16-10-11-19(17)25-16)22-13-18(24(3)4)15-8-6-14(2)7-9-15/h6-9,16-19H,5,10-13H2,1-4H3,(H2,21,22,23). The summed E-state index contributed by atoms with van der Waals surface area (Å²) in [6.07, 6.45) is 4.30. The molecule has 25 heavy (non-hydrogen) atoms. The topological polar surface area (TPSA) is 48.9 Å². The molecule has 3 rings (SSSR count). The van der Waals surface area contributed by atoms with Crippen LogP contribution in [-0.4, -0.2) is 56.3 Å². The Bertz CT molecular complexity index is 584. The summed E-state index contributed by atoms with van der Waals surface area (Å²) < 4.78 is 5.95. The summed E-state index contributed by atoms with van der Waals surface area (Å²) in [7, 11) is 4.23. The van der Waals surface area contributed by atoms with Crippen molar-refractivity contribution < 1.29 is 4.74 Å². The highest BCUT2D eigenvalue weighted by atomic mass is 16.5. The highest BCUT2D eigenvalue weighted by molar-refractivity contribution is 5.80. The van der Waals surface area contributed by atoms with E-state index in [0.29, 0.717) is 18.2 Å². The third kappa shape index (κ3) is 4.53. The molecule has 4 unspecified atom stereocenters. The van der Waals surface area contributed by atoms with Gasteiger partial charge in [0.05, 0.1) is 30.8 Å². The first kappa shape index (κ1) is 18.2. The molecule has 5 heteroatoms. The predicted molar refractivity (Wildman–Crippen MR) is 103 cm³/mol. The molecule has 2 saturated heterocycles. The summed E-state index contributed by atoms with van der Waals surface area (Å²) >= 11 is 0. The van der Waals surface area contributed by atoms with E-state index >= 15 is 0 Å². The fourth-order valence-electron chi connectivity index (χ4n) is 3.82. The van der Waals surface area contributed by atoms with Crippen molar-refractivity contribution in [1.82, 2.24) is 15.5 Å². The van der Waals surface area contributed by atoms with Gasteiger partial charge < -0.3 is 20.3 Å². The van der Waals surface area contributed by atoms with Crippen molar-refractivity contribution in [3.05, 3.63) is 35.4 Å². The number of nitrogens with one attached hydrogen (secondary N) is 2. The third-order valence-electron chi connectivity index (χ3n) is 5.28. The Hall–Kier alpha value is -1.59. The largest absolute Gasteiger partial charge is 0.373 e. The molecule has 2 N–H and O–H groups in total. The van der Waals surface area contributed by atoms with E-state index in [1.54, 1.807) is 0 Å². The van der Waals surface area contributed by atoms with Gasteiger partial charge in [0.2, 0.25) is 0 Å². The van der Waals surface area contributed by atoms with Crippen LogP contribution in [0.15, 0.2) is 29.3 Å². The van der Waals surface area contributed by atoms with Gasteiger partial charge in [-0.05, 0) is 52.8 Å². The number of hydrogen-bond acceptors (Lipinski definition) is 3. The number of benzene rings is 1. The van der Waals surface area contributed by atoms with Crippen LogP contribution in [0, 0.1) is 6.92 Å². The van der Waals surface area contributed by atoms with Gasteiger partial charge in [-0.25, -0.2) is 0 Å². The number of nitrogens with zero attached hydrogens (tertiary/aromatic N) is 2. The molecule has 2 aliphatic rings. The third-order valence-corrected chi connectivity index (χ3v) is 5.28. The predicted octanol–water partition coefficient (Wildman–Crippen LogP) is 2.47. The first-order valence-electron chi connectivity index (χ1n) is 9.50. The maximum absolute atomic E-state index is 5.95. The summed E-state index contributed by atoms with van der Waals surface area (Å²) in [6.45, 7) is 5.83. The molecule has 0 spiro atoms. The van der Waals surface area contributed by atoms with Gasteiger partial charge in [-0.3, -0.25) is 4.99 Å². The molecule has 2 aliphatic heterocycles. The Morgan fingerprint density at radius 3 is 2.60 bits per heavy atom. The first-order valence-corrected chi connectivity index (χ1v) is 9.50. The molecule has 5 nitrogen and oxygen atoms in total. The van der Waals surface area contributed by atoms with Gasteiger partial charge in [-0.15, -0.1) is 0 Å². The van der Waals surface area contributed by atoms with Gasteiger partial charge in [0, 0.05) is 6.54 Å². The average molecular weight is 345 g/mol. The number of hydrogen-bond donors (Lipinski definition) is 2. The molecule has 4 atom stereocenters. The van der Waals surface area contributed by atoms with Crippen LogP contribution in [0.3, 0.4) is 0 Å². The lowest BCUT2D eigenvalue weighted by Crippen LogP contribution is -2.47. The van der Waals surface area contributed by atoms with Crippen LogP contribution < -0.4 is 10.6 Å². The van der Waals surface area contributed by atoms with Crippen molar-refractivity contribution in [2.75, 3.05) is 27.2 Å². The van der Waals surface area contributed by atoms with Crippen LogP contribution in [-0.2, 0) is 4.74 Å². The Labute approximate surface area is 151 Å². The van der Waals surface area contributed by atoms with Gasteiger partial charge in [0.25, 0.3) is 0 Å². The number of fused-ring (bicyclic) bond motifs is 2. The van der Waals surface area contributed by atoms with E-state index < -0.39 is 0 Å². The van der Waals surface area contributed by atoms with Crippen LogP contribution in [0.25, 0.3) is 0 Å². The minimum atomic E-state index is 0.271. The minimum Gasteiger partial charge on any atom is -0.373 e. The molecule has 0 aliphatic carbocycles. The smallest absolute Gasteiger partial charge is 0.191 e. The van der Waals surface area contributed by atoms with Crippen LogP contribution in [0.2, 0.25) is 0 Å². The minimum absolute atomic E-state index is 0.271. The maximum atomic E-state index is 5.95. The van der Waals surface area contributed by atoms with Crippen LogP contribution >= 0.6 is 0 Å². The van der Waals surface area contributed by atoms with E-state index in [0.717, 1.165) is 25.5 Å². The SMILES string of the molecule is CCNC(=NCC(c1ccc(C)cc1)N(C)C)NC1CC2CCC1O2. The summed E-state index contributed by atoms with van der Waals surface area (Å²) in [6, 6.07) is 9.43. The number of rotatable bonds is 6. The number of guanidine groups is 1. The van der Waals surface area contributed by atoms with E-state index in [1.165, 1.54) is 24.0 Å². The van der Waals surface area contributed by atoms with Crippen molar-refractivity contribution in [3.8, 4) is 0 Å². The molecule has 2 fully saturated rings. The van der Waals surface area contributed by atoms with E-state index in [1.807, 2.05) is 0 Å². The van der Waals surface area contributed by atoms with Crippen molar-refractivity contribution >= 4 is 5.96 Å². The molecule has 1 aromatic rings. The van der Waals surface area contributed by atoms with Gasteiger partial charge in [-0.1, -0.05) is 29.8 Å². The summed E-state index contributed by atoms with van der Waals surface area (Å²) in [4.78, 5) is 7.11. The first-order chi connectivity index (χ1) is 12.1. The zero-order valence-electron chi connectivity index (χ0n) is 16.0. The Morgan fingerprint density at radius 2 is 2.04 bits per heavy atom. The average Bonchev–Trinajstić information content (AvgIpc) is 3.19. The Morgan fingerprint density at radius 1 is 1.28 bits per heavy atom. The summed E-state index contributed by atoms with van der Waals surface area (Å²) in [5.41, 5.74) is 2.59.